The number of hydrogen-bond acceptors (Lipinski definition) is 2. The van der Waals surface area contributed by atoms with Crippen LogP contribution in [-0.2, 0) is 6.42 Å². The average molecular weight is 240 g/mol. The zero-order valence-corrected chi connectivity index (χ0v) is 10.8. The first kappa shape index (κ1) is 12.5. The highest BCUT2D eigenvalue weighted by Crippen LogP contribution is 2.16. The van der Waals surface area contributed by atoms with Gasteiger partial charge in [0.25, 0.3) is 0 Å². The van der Waals surface area contributed by atoms with Gasteiger partial charge in [-0.2, -0.15) is 0 Å². The van der Waals surface area contributed by atoms with Crippen molar-refractivity contribution in [2.24, 2.45) is 0 Å². The van der Waals surface area contributed by atoms with Crippen LogP contribution in [0.25, 0.3) is 0 Å². The predicted octanol–water partition coefficient (Wildman–Crippen LogP) is 3.34. The average Bonchev–Trinajstić information content (AvgIpc) is 2.42. The number of benzene rings is 2. The molecule has 0 aliphatic carbocycles. The van der Waals surface area contributed by atoms with Gasteiger partial charge in [0.1, 0.15) is 0 Å². The van der Waals surface area contributed by atoms with Gasteiger partial charge in [0, 0.05) is 24.5 Å². The third-order valence-electron chi connectivity index (χ3n) is 3.15. The summed E-state index contributed by atoms with van der Waals surface area (Å²) in [5.41, 5.74) is 9.15. The lowest BCUT2D eigenvalue weighted by Gasteiger charge is -2.23. The molecule has 2 rings (SSSR count). The first-order valence-corrected chi connectivity index (χ1v) is 6.44. The quantitative estimate of drug-likeness (QED) is 0.812. The minimum absolute atomic E-state index is 0.817. The standard InChI is InChI=1S/C16H20N2/c1-2-18(16-10-8-15(17)9-11-16)13-12-14-6-4-3-5-7-14/h3-11H,2,12-13,17H2,1H3. The summed E-state index contributed by atoms with van der Waals surface area (Å²) in [6.07, 6.45) is 1.07. The Morgan fingerprint density at radius 1 is 0.944 bits per heavy atom. The molecule has 2 heteroatoms. The van der Waals surface area contributed by atoms with Gasteiger partial charge in [-0.3, -0.25) is 0 Å². The van der Waals surface area contributed by atoms with Crippen molar-refractivity contribution in [1.82, 2.24) is 0 Å². The molecule has 18 heavy (non-hydrogen) atoms. The molecule has 0 amide bonds. The largest absolute Gasteiger partial charge is 0.399 e. The molecule has 0 radical (unpaired) electrons. The number of likely N-dealkylation sites (N-methyl/N-ethyl adjacent to an activating group) is 1. The summed E-state index contributed by atoms with van der Waals surface area (Å²) in [6, 6.07) is 18.7. The second kappa shape index (κ2) is 6.10. The summed E-state index contributed by atoms with van der Waals surface area (Å²) >= 11 is 0. The maximum Gasteiger partial charge on any atom is 0.0367 e. The lowest BCUT2D eigenvalue weighted by molar-refractivity contribution is 0.809. The third kappa shape index (κ3) is 3.27. The second-order valence-corrected chi connectivity index (χ2v) is 4.41. The molecule has 0 heterocycles. The van der Waals surface area contributed by atoms with Crippen molar-refractivity contribution in [2.75, 3.05) is 23.7 Å². The van der Waals surface area contributed by atoms with Crippen molar-refractivity contribution < 1.29 is 0 Å². The number of hydrogen-bond donors (Lipinski definition) is 1. The van der Waals surface area contributed by atoms with E-state index in [9.17, 15) is 0 Å². The van der Waals surface area contributed by atoms with Gasteiger partial charge in [-0.25, -0.2) is 0 Å². The van der Waals surface area contributed by atoms with Crippen LogP contribution in [0, 0.1) is 0 Å². The van der Waals surface area contributed by atoms with Gasteiger partial charge in [-0.1, -0.05) is 30.3 Å². The van der Waals surface area contributed by atoms with Gasteiger partial charge < -0.3 is 10.6 Å². The highest BCUT2D eigenvalue weighted by Gasteiger charge is 2.03. The predicted molar refractivity (Wildman–Crippen MR) is 78.9 cm³/mol. The molecule has 2 aromatic carbocycles. The van der Waals surface area contributed by atoms with Crippen molar-refractivity contribution in [3.63, 3.8) is 0 Å². The fourth-order valence-electron chi connectivity index (χ4n) is 2.06. The van der Waals surface area contributed by atoms with E-state index in [0.29, 0.717) is 0 Å². The maximum absolute atomic E-state index is 5.71. The minimum atomic E-state index is 0.817. The fourth-order valence-corrected chi connectivity index (χ4v) is 2.06. The molecular weight excluding hydrogens is 220 g/mol. The van der Waals surface area contributed by atoms with Crippen molar-refractivity contribution in [1.29, 1.82) is 0 Å². The van der Waals surface area contributed by atoms with Crippen LogP contribution in [0.1, 0.15) is 12.5 Å². The van der Waals surface area contributed by atoms with Crippen LogP contribution in [0.5, 0.6) is 0 Å². The summed E-state index contributed by atoms with van der Waals surface area (Å²) in [6.45, 7) is 4.22. The number of nitrogens with zero attached hydrogens (tertiary/aromatic N) is 1. The van der Waals surface area contributed by atoms with Crippen LogP contribution in [0.3, 0.4) is 0 Å². The van der Waals surface area contributed by atoms with E-state index in [1.54, 1.807) is 0 Å². The Morgan fingerprint density at radius 2 is 1.61 bits per heavy atom. The highest BCUT2D eigenvalue weighted by atomic mass is 15.1. The molecule has 0 aromatic heterocycles. The van der Waals surface area contributed by atoms with Crippen LogP contribution in [0.4, 0.5) is 11.4 Å². The molecule has 0 fully saturated rings. The lowest BCUT2D eigenvalue weighted by Crippen LogP contribution is -2.25. The second-order valence-electron chi connectivity index (χ2n) is 4.41. The fraction of sp³-hybridized carbons (Fsp3) is 0.250. The third-order valence-corrected chi connectivity index (χ3v) is 3.15. The Kier molecular flexibility index (Phi) is 4.24. The van der Waals surface area contributed by atoms with Crippen LogP contribution >= 0.6 is 0 Å². The van der Waals surface area contributed by atoms with Crippen molar-refractivity contribution in [2.45, 2.75) is 13.3 Å². The Bertz CT molecular complexity index is 462. The minimum Gasteiger partial charge on any atom is -0.399 e. The van der Waals surface area contributed by atoms with Crippen molar-refractivity contribution in [3.05, 3.63) is 60.2 Å². The van der Waals surface area contributed by atoms with E-state index in [4.69, 9.17) is 5.73 Å². The van der Waals surface area contributed by atoms with Crippen molar-refractivity contribution in [3.8, 4) is 0 Å². The zero-order valence-electron chi connectivity index (χ0n) is 10.8. The summed E-state index contributed by atoms with van der Waals surface area (Å²) in [7, 11) is 0. The van der Waals surface area contributed by atoms with Gasteiger partial charge >= 0.3 is 0 Å². The van der Waals surface area contributed by atoms with Gasteiger partial charge in [0.05, 0.1) is 0 Å². The molecule has 0 unspecified atom stereocenters. The topological polar surface area (TPSA) is 29.3 Å². The number of nitrogen functional groups attached to an aromatic ring is 1. The van der Waals surface area contributed by atoms with Gasteiger partial charge in [0.15, 0.2) is 0 Å². The molecule has 2 nitrogen and oxygen atoms in total. The van der Waals surface area contributed by atoms with E-state index in [1.165, 1.54) is 11.3 Å². The van der Waals surface area contributed by atoms with Crippen LogP contribution in [-0.4, -0.2) is 13.1 Å². The zero-order chi connectivity index (χ0) is 12.8. The molecule has 0 bridgehead atoms. The normalized spacial score (nSPS) is 10.3. The molecule has 2 N–H and O–H groups in total. The van der Waals surface area contributed by atoms with Crippen molar-refractivity contribution >= 4 is 11.4 Å². The van der Waals surface area contributed by atoms with E-state index in [0.717, 1.165) is 25.2 Å². The van der Waals surface area contributed by atoms with Gasteiger partial charge in [0.2, 0.25) is 0 Å². The van der Waals surface area contributed by atoms with E-state index in [1.807, 2.05) is 12.1 Å². The SMILES string of the molecule is CCN(CCc1ccccc1)c1ccc(N)cc1. The molecule has 0 aliphatic heterocycles. The number of anilines is 2. The molecule has 0 spiro atoms. The van der Waals surface area contributed by atoms with Crippen LogP contribution in [0.15, 0.2) is 54.6 Å². The molecule has 94 valence electrons. The number of rotatable bonds is 5. The Morgan fingerprint density at radius 3 is 2.22 bits per heavy atom. The Hall–Kier alpha value is -1.96. The molecule has 0 saturated heterocycles. The summed E-state index contributed by atoms with van der Waals surface area (Å²) in [4.78, 5) is 2.37. The molecule has 2 aromatic rings. The molecule has 0 aliphatic rings. The van der Waals surface area contributed by atoms with E-state index in [2.05, 4.69) is 54.3 Å². The Labute approximate surface area is 109 Å². The first-order chi connectivity index (χ1) is 8.79. The van der Waals surface area contributed by atoms with Gasteiger partial charge in [-0.15, -0.1) is 0 Å². The van der Waals surface area contributed by atoms with Crippen LogP contribution in [0.2, 0.25) is 0 Å². The maximum atomic E-state index is 5.71. The van der Waals surface area contributed by atoms with Gasteiger partial charge in [-0.05, 0) is 43.2 Å². The summed E-state index contributed by atoms with van der Waals surface area (Å²) < 4.78 is 0. The highest BCUT2D eigenvalue weighted by molar-refractivity contribution is 5.53. The smallest absolute Gasteiger partial charge is 0.0367 e. The monoisotopic (exact) mass is 240 g/mol. The lowest BCUT2D eigenvalue weighted by atomic mass is 10.1. The summed E-state index contributed by atoms with van der Waals surface area (Å²) in [5, 5.41) is 0. The number of nitrogens with two attached hydrogens (primary N) is 1. The van der Waals surface area contributed by atoms with Crippen LogP contribution < -0.4 is 10.6 Å². The first-order valence-electron chi connectivity index (χ1n) is 6.44. The van der Waals surface area contributed by atoms with E-state index in [-0.39, 0.29) is 0 Å². The molecule has 0 saturated carbocycles. The van der Waals surface area contributed by atoms with E-state index >= 15 is 0 Å². The van der Waals surface area contributed by atoms with E-state index < -0.39 is 0 Å². The summed E-state index contributed by atoms with van der Waals surface area (Å²) in [5.74, 6) is 0. The molecular formula is C16H20N2. The molecule has 0 atom stereocenters. The Balaban J connectivity index is 1.99.